The number of anilines is 1. The van der Waals surface area contributed by atoms with E-state index in [2.05, 4.69) is 26.2 Å². The van der Waals surface area contributed by atoms with E-state index in [4.69, 9.17) is 5.11 Å². The van der Waals surface area contributed by atoms with E-state index in [1.54, 1.807) is 24.4 Å². The van der Waals surface area contributed by atoms with Crippen LogP contribution in [0.4, 0.5) is 5.69 Å². The van der Waals surface area contributed by atoms with Crippen molar-refractivity contribution in [2.45, 2.75) is 6.92 Å². The Morgan fingerprint density at radius 1 is 1.42 bits per heavy atom. The first-order valence-electron chi connectivity index (χ1n) is 5.23. The van der Waals surface area contributed by atoms with Gasteiger partial charge in [-0.3, -0.25) is 4.79 Å². The van der Waals surface area contributed by atoms with E-state index in [0.29, 0.717) is 11.3 Å². The number of aromatic carboxylic acids is 1. The lowest BCUT2D eigenvalue weighted by Crippen LogP contribution is -2.15. The third-order valence-electron chi connectivity index (χ3n) is 2.37. The molecule has 0 saturated carbocycles. The van der Waals surface area contributed by atoms with Crippen molar-refractivity contribution < 1.29 is 14.7 Å². The van der Waals surface area contributed by atoms with E-state index in [-0.39, 0.29) is 10.6 Å². The fourth-order valence-corrected chi connectivity index (χ4v) is 2.52. The summed E-state index contributed by atoms with van der Waals surface area (Å²) in [6.07, 6.45) is 1.51. The number of hydrogen-bond acceptors (Lipinski definition) is 4. The molecule has 0 fully saturated rings. The summed E-state index contributed by atoms with van der Waals surface area (Å²) in [5, 5.41) is 13.3. The molecule has 2 heterocycles. The van der Waals surface area contributed by atoms with Crippen LogP contribution in [-0.2, 0) is 0 Å². The number of aromatic nitrogens is 1. The smallest absolute Gasteiger partial charge is 0.348 e. The van der Waals surface area contributed by atoms with Crippen LogP contribution in [-0.4, -0.2) is 22.0 Å². The Bertz CT molecular complexity index is 637. The Balaban J connectivity index is 2.26. The predicted molar refractivity (Wildman–Crippen MR) is 75.9 cm³/mol. The number of carboxylic acids is 1. The molecule has 0 radical (unpaired) electrons. The number of rotatable bonds is 3. The van der Waals surface area contributed by atoms with Crippen LogP contribution in [0.15, 0.2) is 28.2 Å². The summed E-state index contributed by atoms with van der Waals surface area (Å²) >= 11 is 4.31. The molecule has 0 aliphatic carbocycles. The molecule has 0 aliphatic rings. The van der Waals surface area contributed by atoms with Crippen LogP contribution in [0, 0.1) is 6.92 Å². The van der Waals surface area contributed by atoms with Crippen molar-refractivity contribution in [2.24, 2.45) is 0 Å². The normalized spacial score (nSPS) is 10.2. The fourth-order valence-electron chi connectivity index (χ4n) is 1.44. The van der Waals surface area contributed by atoms with E-state index >= 15 is 0 Å². The van der Waals surface area contributed by atoms with Gasteiger partial charge in [-0.05, 0) is 45.9 Å². The number of carbonyl (C=O) groups is 2. The number of thiophene rings is 1. The van der Waals surface area contributed by atoms with E-state index in [0.717, 1.165) is 15.8 Å². The molecule has 98 valence electrons. The third-order valence-corrected chi connectivity index (χ3v) is 3.92. The number of nitrogens with one attached hydrogen (secondary N) is 1. The first kappa shape index (κ1) is 13.7. The van der Waals surface area contributed by atoms with Crippen LogP contribution in [0.1, 0.15) is 25.7 Å². The largest absolute Gasteiger partial charge is 0.477 e. The van der Waals surface area contributed by atoms with Gasteiger partial charge in [0.2, 0.25) is 0 Å². The number of halogens is 1. The Morgan fingerprint density at radius 2 is 2.16 bits per heavy atom. The van der Waals surface area contributed by atoms with Gasteiger partial charge in [-0.2, -0.15) is 0 Å². The van der Waals surface area contributed by atoms with Gasteiger partial charge < -0.3 is 10.4 Å². The average Bonchev–Trinajstić information content (AvgIpc) is 2.72. The van der Waals surface area contributed by atoms with Gasteiger partial charge in [0.15, 0.2) is 0 Å². The summed E-state index contributed by atoms with van der Waals surface area (Å²) in [4.78, 5) is 27.1. The molecule has 7 heteroatoms. The molecule has 5 nitrogen and oxygen atoms in total. The van der Waals surface area contributed by atoms with Gasteiger partial charge in [0.05, 0.1) is 5.69 Å². The molecule has 0 aliphatic heterocycles. The van der Waals surface area contributed by atoms with Gasteiger partial charge in [-0.1, -0.05) is 0 Å². The highest BCUT2D eigenvalue weighted by Gasteiger charge is 2.18. The molecule has 0 spiro atoms. The lowest BCUT2D eigenvalue weighted by molar-refractivity contribution is 0.0703. The topological polar surface area (TPSA) is 79.3 Å². The van der Waals surface area contributed by atoms with Gasteiger partial charge in [0, 0.05) is 10.7 Å². The van der Waals surface area contributed by atoms with Crippen LogP contribution >= 0.6 is 27.3 Å². The van der Waals surface area contributed by atoms with E-state index in [1.807, 2.05) is 0 Å². The molecule has 0 atom stereocenters. The fraction of sp³-hybridized carbons (Fsp3) is 0.0833. The molecule has 0 aromatic carbocycles. The second-order valence-electron chi connectivity index (χ2n) is 3.74. The zero-order chi connectivity index (χ0) is 14.0. The molecule has 0 saturated heterocycles. The predicted octanol–water partition coefficient (Wildman–Crippen LogP) is 3.16. The molecular weight excluding hydrogens is 332 g/mol. The highest BCUT2D eigenvalue weighted by Crippen LogP contribution is 2.27. The van der Waals surface area contributed by atoms with Crippen LogP contribution in [0.3, 0.4) is 0 Å². The molecule has 1 amide bonds. The quantitative estimate of drug-likeness (QED) is 0.899. The summed E-state index contributed by atoms with van der Waals surface area (Å²) in [5.74, 6) is -1.49. The van der Waals surface area contributed by atoms with Crippen LogP contribution in [0.25, 0.3) is 0 Å². The zero-order valence-electron chi connectivity index (χ0n) is 9.81. The Hall–Kier alpha value is -1.73. The first-order valence-corrected chi connectivity index (χ1v) is 6.90. The molecule has 2 aromatic rings. The van der Waals surface area contributed by atoms with Crippen molar-refractivity contribution in [1.82, 2.24) is 4.98 Å². The number of carboxylic acid groups (broad SMARTS) is 1. The van der Waals surface area contributed by atoms with Gasteiger partial charge >= 0.3 is 5.97 Å². The molecule has 19 heavy (non-hydrogen) atoms. The second kappa shape index (κ2) is 5.50. The number of hydrogen-bond donors (Lipinski definition) is 2. The van der Waals surface area contributed by atoms with Crippen LogP contribution < -0.4 is 5.32 Å². The van der Waals surface area contributed by atoms with Crippen molar-refractivity contribution in [2.75, 3.05) is 5.32 Å². The minimum atomic E-state index is -1.06. The number of amides is 1. The minimum absolute atomic E-state index is 0.114. The summed E-state index contributed by atoms with van der Waals surface area (Å²) < 4.78 is 0.766. The molecule has 2 aromatic heterocycles. The van der Waals surface area contributed by atoms with E-state index in [9.17, 15) is 9.59 Å². The van der Waals surface area contributed by atoms with E-state index < -0.39 is 11.9 Å². The highest BCUT2D eigenvalue weighted by molar-refractivity contribution is 9.10. The molecular formula is C12H9BrN2O3S. The summed E-state index contributed by atoms with van der Waals surface area (Å²) in [6, 6.07) is 3.25. The van der Waals surface area contributed by atoms with Gasteiger partial charge in [0.1, 0.15) is 10.6 Å². The number of nitrogens with zero attached hydrogens (tertiary/aromatic N) is 1. The van der Waals surface area contributed by atoms with Crippen molar-refractivity contribution in [1.29, 1.82) is 0 Å². The van der Waals surface area contributed by atoms with Crippen LogP contribution in [0.5, 0.6) is 0 Å². The zero-order valence-corrected chi connectivity index (χ0v) is 12.2. The Morgan fingerprint density at radius 3 is 2.74 bits per heavy atom. The average molecular weight is 341 g/mol. The Kier molecular flexibility index (Phi) is 3.96. The highest BCUT2D eigenvalue weighted by atomic mass is 79.9. The maximum Gasteiger partial charge on any atom is 0.348 e. The van der Waals surface area contributed by atoms with E-state index in [1.165, 1.54) is 6.20 Å². The third kappa shape index (κ3) is 2.99. The second-order valence-corrected chi connectivity index (χ2v) is 5.54. The maximum atomic E-state index is 12.0. The van der Waals surface area contributed by atoms with Crippen molar-refractivity contribution in [3.63, 3.8) is 0 Å². The summed E-state index contributed by atoms with van der Waals surface area (Å²) in [6.45, 7) is 1.74. The molecule has 0 bridgehead atoms. The monoisotopic (exact) mass is 340 g/mol. The SMILES string of the molecule is Cc1csc(C(=O)O)c1NC(=O)c1ccc(Br)cn1. The number of aryl methyl sites for hydroxylation is 1. The van der Waals surface area contributed by atoms with Gasteiger partial charge in [-0.25, -0.2) is 9.78 Å². The van der Waals surface area contributed by atoms with Crippen molar-refractivity contribution >= 4 is 44.8 Å². The minimum Gasteiger partial charge on any atom is -0.477 e. The first-order chi connectivity index (χ1) is 8.99. The standard InChI is InChI=1S/C12H9BrN2O3S/c1-6-5-19-10(12(17)18)9(6)15-11(16)8-3-2-7(13)4-14-8/h2-5H,1H3,(H,15,16)(H,17,18). The summed E-state index contributed by atoms with van der Waals surface area (Å²) in [5.41, 5.74) is 1.27. The lowest BCUT2D eigenvalue weighted by atomic mass is 10.2. The summed E-state index contributed by atoms with van der Waals surface area (Å²) in [7, 11) is 0. The lowest BCUT2D eigenvalue weighted by Gasteiger charge is -2.05. The van der Waals surface area contributed by atoms with Crippen molar-refractivity contribution in [3.05, 3.63) is 44.3 Å². The van der Waals surface area contributed by atoms with Gasteiger partial charge in [-0.15, -0.1) is 11.3 Å². The van der Waals surface area contributed by atoms with Gasteiger partial charge in [0.25, 0.3) is 5.91 Å². The maximum absolute atomic E-state index is 12.0. The number of carbonyl (C=O) groups excluding carboxylic acids is 1. The van der Waals surface area contributed by atoms with Crippen molar-refractivity contribution in [3.8, 4) is 0 Å². The Labute approximate surface area is 121 Å². The molecule has 0 unspecified atom stereocenters. The molecule has 2 rings (SSSR count). The number of pyridine rings is 1. The van der Waals surface area contributed by atoms with Crippen LogP contribution in [0.2, 0.25) is 0 Å². The molecule has 2 N–H and O–H groups in total.